The van der Waals surface area contributed by atoms with E-state index in [1.807, 2.05) is 0 Å². The number of hydrogen-bond donors (Lipinski definition) is 0. The first kappa shape index (κ1) is 17.5. The molecular formula is C14H12Cl2N2O4S. The summed E-state index contributed by atoms with van der Waals surface area (Å²) in [5, 5.41) is 11.3. The van der Waals surface area contributed by atoms with Crippen molar-refractivity contribution in [2.45, 2.75) is 11.8 Å². The average Bonchev–Trinajstić information content (AvgIpc) is 2.51. The molecule has 0 saturated carbocycles. The van der Waals surface area contributed by atoms with Crippen LogP contribution in [0, 0.1) is 10.1 Å². The fourth-order valence-electron chi connectivity index (χ4n) is 2.01. The Hall–Kier alpha value is -1.83. The first-order chi connectivity index (χ1) is 10.8. The van der Waals surface area contributed by atoms with Gasteiger partial charge in [-0.1, -0.05) is 23.2 Å². The molecule has 0 unspecified atom stereocenters. The molecule has 2 aromatic carbocycles. The lowest BCUT2D eigenvalue weighted by Crippen LogP contribution is -2.31. The Morgan fingerprint density at radius 3 is 2.26 bits per heavy atom. The van der Waals surface area contributed by atoms with Crippen LogP contribution in [0.5, 0.6) is 0 Å². The van der Waals surface area contributed by atoms with Crippen molar-refractivity contribution >= 4 is 44.6 Å². The van der Waals surface area contributed by atoms with Gasteiger partial charge in [0.2, 0.25) is 0 Å². The molecule has 2 rings (SSSR count). The molecule has 0 amide bonds. The van der Waals surface area contributed by atoms with E-state index in [-0.39, 0.29) is 27.8 Å². The van der Waals surface area contributed by atoms with E-state index in [9.17, 15) is 18.5 Å². The Labute approximate surface area is 143 Å². The van der Waals surface area contributed by atoms with E-state index in [0.717, 1.165) is 16.4 Å². The largest absolute Gasteiger partial charge is 0.269 e. The molecular weight excluding hydrogens is 363 g/mol. The number of sulfonamides is 1. The van der Waals surface area contributed by atoms with Crippen LogP contribution >= 0.6 is 23.2 Å². The predicted molar refractivity (Wildman–Crippen MR) is 89.8 cm³/mol. The van der Waals surface area contributed by atoms with Gasteiger partial charge in [-0.25, -0.2) is 8.42 Å². The number of benzene rings is 2. The minimum absolute atomic E-state index is 0.0685. The third-order valence-electron chi connectivity index (χ3n) is 3.10. The predicted octanol–water partition coefficient (Wildman–Crippen LogP) is 4.12. The Bertz CT molecular complexity index is 838. The van der Waals surface area contributed by atoms with Crippen LogP contribution in [0.1, 0.15) is 6.92 Å². The Morgan fingerprint density at radius 2 is 1.74 bits per heavy atom. The maximum absolute atomic E-state index is 12.8. The van der Waals surface area contributed by atoms with E-state index in [2.05, 4.69) is 0 Å². The first-order valence-electron chi connectivity index (χ1n) is 6.49. The van der Waals surface area contributed by atoms with Crippen molar-refractivity contribution in [1.29, 1.82) is 0 Å². The number of non-ortho nitro benzene ring substituents is 1. The van der Waals surface area contributed by atoms with E-state index in [0.29, 0.717) is 5.02 Å². The van der Waals surface area contributed by atoms with Crippen LogP contribution in [0.25, 0.3) is 0 Å². The summed E-state index contributed by atoms with van der Waals surface area (Å²) in [6.07, 6.45) is 0. The van der Waals surface area contributed by atoms with Gasteiger partial charge in [0, 0.05) is 23.7 Å². The fourth-order valence-corrected chi connectivity index (χ4v) is 3.93. The lowest BCUT2D eigenvalue weighted by molar-refractivity contribution is -0.384. The second kappa shape index (κ2) is 6.74. The van der Waals surface area contributed by atoms with Crippen LogP contribution in [0.4, 0.5) is 11.4 Å². The zero-order chi connectivity index (χ0) is 17.2. The van der Waals surface area contributed by atoms with Crippen LogP contribution in [-0.4, -0.2) is 19.9 Å². The normalized spacial score (nSPS) is 11.3. The monoisotopic (exact) mass is 374 g/mol. The van der Waals surface area contributed by atoms with Gasteiger partial charge in [0.05, 0.1) is 20.5 Å². The molecule has 122 valence electrons. The molecule has 0 saturated heterocycles. The molecule has 0 atom stereocenters. The van der Waals surface area contributed by atoms with Crippen LogP contribution in [0.2, 0.25) is 10.0 Å². The average molecular weight is 375 g/mol. The van der Waals surface area contributed by atoms with Crippen molar-refractivity contribution < 1.29 is 13.3 Å². The van der Waals surface area contributed by atoms with Crippen molar-refractivity contribution in [2.24, 2.45) is 0 Å². The molecule has 0 aliphatic heterocycles. The lowest BCUT2D eigenvalue weighted by atomic mass is 10.3. The fraction of sp³-hybridized carbons (Fsp3) is 0.143. The van der Waals surface area contributed by atoms with E-state index in [1.165, 1.54) is 24.3 Å². The molecule has 0 bridgehead atoms. The standard InChI is InChI=1S/C14H12Cl2N2O4S/c1-2-17(14-9-10(15)3-8-13(14)16)23(21,22)12-6-4-11(5-7-12)18(19)20/h3-9H,2H2,1H3. The van der Waals surface area contributed by atoms with Crippen LogP contribution in [0.3, 0.4) is 0 Å². The zero-order valence-corrected chi connectivity index (χ0v) is 14.3. The van der Waals surface area contributed by atoms with Crippen molar-refractivity contribution in [2.75, 3.05) is 10.8 Å². The summed E-state index contributed by atoms with van der Waals surface area (Å²) in [6.45, 7) is 1.78. The number of anilines is 1. The first-order valence-corrected chi connectivity index (χ1v) is 8.69. The maximum atomic E-state index is 12.8. The summed E-state index contributed by atoms with van der Waals surface area (Å²) in [5.41, 5.74) is 0.0628. The van der Waals surface area contributed by atoms with Gasteiger partial charge >= 0.3 is 0 Å². The topological polar surface area (TPSA) is 80.5 Å². The number of nitro benzene ring substituents is 1. The van der Waals surface area contributed by atoms with Gasteiger partial charge in [-0.2, -0.15) is 0 Å². The van der Waals surface area contributed by atoms with Gasteiger partial charge in [0.25, 0.3) is 15.7 Å². The summed E-state index contributed by atoms with van der Waals surface area (Å²) in [6, 6.07) is 9.17. The highest BCUT2D eigenvalue weighted by Gasteiger charge is 2.26. The molecule has 0 fully saturated rings. The number of hydrogen-bond acceptors (Lipinski definition) is 4. The highest BCUT2D eigenvalue weighted by Crippen LogP contribution is 2.33. The van der Waals surface area contributed by atoms with Crippen molar-refractivity contribution in [3.05, 3.63) is 62.6 Å². The summed E-state index contributed by atoms with van der Waals surface area (Å²) < 4.78 is 26.6. The quantitative estimate of drug-likeness (QED) is 0.582. The summed E-state index contributed by atoms with van der Waals surface area (Å²) in [7, 11) is -3.92. The van der Waals surface area contributed by atoms with Gasteiger partial charge < -0.3 is 0 Å². The van der Waals surface area contributed by atoms with E-state index >= 15 is 0 Å². The van der Waals surface area contributed by atoms with Crippen LogP contribution in [0.15, 0.2) is 47.4 Å². The van der Waals surface area contributed by atoms with E-state index < -0.39 is 14.9 Å². The Kier molecular flexibility index (Phi) is 5.13. The minimum Gasteiger partial charge on any atom is -0.265 e. The lowest BCUT2D eigenvalue weighted by Gasteiger charge is -2.24. The summed E-state index contributed by atoms with van der Waals surface area (Å²) >= 11 is 12.0. The summed E-state index contributed by atoms with van der Waals surface area (Å²) in [4.78, 5) is 10.0. The molecule has 0 N–H and O–H groups in total. The molecule has 23 heavy (non-hydrogen) atoms. The van der Waals surface area contributed by atoms with Gasteiger partial charge in [-0.3, -0.25) is 14.4 Å². The molecule has 2 aromatic rings. The maximum Gasteiger partial charge on any atom is 0.269 e. The third-order valence-corrected chi connectivity index (χ3v) is 5.56. The van der Waals surface area contributed by atoms with Crippen LogP contribution in [-0.2, 0) is 10.0 Å². The van der Waals surface area contributed by atoms with E-state index in [4.69, 9.17) is 23.2 Å². The Balaban J connectivity index is 2.51. The smallest absolute Gasteiger partial charge is 0.265 e. The molecule has 0 aliphatic carbocycles. The van der Waals surface area contributed by atoms with Crippen molar-refractivity contribution in [3.63, 3.8) is 0 Å². The van der Waals surface area contributed by atoms with Crippen LogP contribution < -0.4 is 4.31 Å². The van der Waals surface area contributed by atoms with Crippen molar-refractivity contribution in [3.8, 4) is 0 Å². The molecule has 0 heterocycles. The minimum atomic E-state index is -3.92. The number of nitrogens with zero attached hydrogens (tertiary/aromatic N) is 2. The SMILES string of the molecule is CCN(c1cc(Cl)ccc1Cl)S(=O)(=O)c1ccc([N+](=O)[O-])cc1. The second-order valence-electron chi connectivity index (χ2n) is 4.52. The highest BCUT2D eigenvalue weighted by atomic mass is 35.5. The van der Waals surface area contributed by atoms with Crippen molar-refractivity contribution in [1.82, 2.24) is 0 Å². The van der Waals surface area contributed by atoms with E-state index in [1.54, 1.807) is 13.0 Å². The summed E-state index contributed by atoms with van der Waals surface area (Å²) in [5.74, 6) is 0. The molecule has 0 aliphatic rings. The number of rotatable bonds is 5. The second-order valence-corrected chi connectivity index (χ2v) is 7.22. The third kappa shape index (κ3) is 3.57. The number of halogens is 2. The molecule has 9 heteroatoms. The molecule has 0 radical (unpaired) electrons. The molecule has 6 nitrogen and oxygen atoms in total. The molecule has 0 spiro atoms. The Morgan fingerprint density at radius 1 is 1.13 bits per heavy atom. The van der Waals surface area contributed by atoms with Gasteiger partial charge in [0.15, 0.2) is 0 Å². The zero-order valence-electron chi connectivity index (χ0n) is 11.9. The molecule has 0 aromatic heterocycles. The van der Waals surface area contributed by atoms with Gasteiger partial charge in [-0.15, -0.1) is 0 Å². The number of nitro groups is 1. The van der Waals surface area contributed by atoms with Gasteiger partial charge in [0.1, 0.15) is 0 Å². The highest BCUT2D eigenvalue weighted by molar-refractivity contribution is 7.92. The van der Waals surface area contributed by atoms with Gasteiger partial charge in [-0.05, 0) is 37.3 Å².